The summed E-state index contributed by atoms with van der Waals surface area (Å²) in [6.07, 6.45) is 22.2. The van der Waals surface area contributed by atoms with Gasteiger partial charge in [0.05, 0.1) is 29.3 Å². The van der Waals surface area contributed by atoms with Crippen LogP contribution in [0.5, 0.6) is 0 Å². The maximum absolute atomic E-state index is 6.26. The van der Waals surface area contributed by atoms with Gasteiger partial charge in [-0.1, -0.05) is 145 Å². The Morgan fingerprint density at radius 2 is 1.61 bits per heavy atom. The first-order chi connectivity index (χ1) is 36.6. The Morgan fingerprint density at radius 1 is 0.909 bits per heavy atom. The van der Waals surface area contributed by atoms with Crippen molar-refractivity contribution >= 4 is 24.6 Å². The summed E-state index contributed by atoms with van der Waals surface area (Å²) in [6.45, 7) is 54.7. The van der Waals surface area contributed by atoms with Crippen LogP contribution in [0.2, 0.25) is 0 Å². The van der Waals surface area contributed by atoms with Gasteiger partial charge in [0.1, 0.15) is 0 Å². The molecule has 2 N–H and O–H groups in total. The average Bonchev–Trinajstić information content (AvgIpc) is 3.92. The second-order valence-electron chi connectivity index (χ2n) is 22.8. The number of hydrogen-bond donors (Lipinski definition) is 2. The largest absolute Gasteiger partial charge is 0.380 e. The molecule has 5 atom stereocenters. The molecule has 2 aromatic heterocycles. The van der Waals surface area contributed by atoms with E-state index < -0.39 is 0 Å². The van der Waals surface area contributed by atoms with E-state index in [0.29, 0.717) is 23.7 Å². The number of terminal acetylenes is 1. The van der Waals surface area contributed by atoms with Gasteiger partial charge in [0.2, 0.25) is 0 Å². The molecule has 7 rings (SSSR count). The third-order valence-corrected chi connectivity index (χ3v) is 16.5. The molecular weight excluding hydrogens is 1110 g/mol. The van der Waals surface area contributed by atoms with Crippen LogP contribution in [0.15, 0.2) is 73.2 Å². The first-order valence-corrected chi connectivity index (χ1v) is 30.1. The van der Waals surface area contributed by atoms with Gasteiger partial charge in [0, 0.05) is 102 Å². The molecule has 10 heteroatoms. The van der Waals surface area contributed by atoms with Crippen molar-refractivity contribution in [2.75, 3.05) is 57.3 Å². The van der Waals surface area contributed by atoms with Crippen LogP contribution >= 0.6 is 0 Å². The summed E-state index contributed by atoms with van der Waals surface area (Å²) in [7, 11) is 6.26. The Labute approximate surface area is 489 Å². The number of rotatable bonds is 23. The van der Waals surface area contributed by atoms with E-state index in [2.05, 4.69) is 168 Å². The van der Waals surface area contributed by atoms with Crippen molar-refractivity contribution in [2.45, 2.75) is 192 Å². The summed E-state index contributed by atoms with van der Waals surface area (Å²) in [5.41, 5.74) is 19.1. The zero-order valence-corrected chi connectivity index (χ0v) is 54.4. The first-order valence-electron chi connectivity index (χ1n) is 30.1. The second-order valence-corrected chi connectivity index (χ2v) is 22.8. The number of hydrazine groups is 1. The van der Waals surface area contributed by atoms with Crippen LogP contribution in [0.1, 0.15) is 176 Å². The smallest absolute Gasteiger partial charge is 0.179 e. The SMILES string of the molecule is C#C.CC.CC.[B]N1CCC(CCC(C(=C)NC(Cc2cc(C)cc(-c3ccc4c(c3)c(CC(C)(C)CCC)c(-c3cc(N5CCN(CCC)CC5)cnc3C(C)CC)n4CC)c2)C(=C)N2CCCCN2)C(C)C)[C@H]1[CH2-].[Ta]. The van der Waals surface area contributed by atoms with Crippen LogP contribution < -0.4 is 15.6 Å². The predicted molar refractivity (Wildman–Crippen MR) is 334 cm³/mol. The van der Waals surface area contributed by atoms with E-state index in [1.54, 1.807) is 0 Å². The molecule has 0 saturated carbocycles. The van der Waals surface area contributed by atoms with Crippen LogP contribution in [0.25, 0.3) is 33.3 Å². The van der Waals surface area contributed by atoms with Gasteiger partial charge in [-0.15, -0.1) is 18.9 Å². The van der Waals surface area contributed by atoms with Crippen LogP contribution in [-0.2, 0) is 41.8 Å². The topological polar surface area (TPSA) is 54.8 Å². The minimum Gasteiger partial charge on any atom is -0.380 e. The van der Waals surface area contributed by atoms with Crippen molar-refractivity contribution in [3.05, 3.63) is 103 Å². The van der Waals surface area contributed by atoms with Gasteiger partial charge in [-0.3, -0.25) is 9.88 Å². The number of hydrogen-bond acceptors (Lipinski definition) is 7. The zero-order chi connectivity index (χ0) is 56.3. The number of nitrogens with zero attached hydrogens (tertiary/aromatic N) is 6. The summed E-state index contributed by atoms with van der Waals surface area (Å²) < 4.78 is 2.62. The summed E-state index contributed by atoms with van der Waals surface area (Å²) in [5.74, 6) is 1.65. The number of anilines is 1. The molecule has 3 aliphatic rings. The molecule has 2 aromatic carbocycles. The van der Waals surface area contributed by atoms with E-state index >= 15 is 0 Å². The molecule has 0 spiro atoms. The average molecular weight is 1220 g/mol. The maximum Gasteiger partial charge on any atom is 0.179 e. The number of fused-ring (bicyclic) bond motifs is 1. The van der Waals surface area contributed by atoms with Crippen molar-refractivity contribution in [1.82, 2.24) is 35.0 Å². The van der Waals surface area contributed by atoms with Gasteiger partial charge in [-0.05, 0) is 142 Å². The number of benzene rings is 2. The zero-order valence-electron chi connectivity index (χ0n) is 51.2. The fraction of sp³-hybridized carbons (Fsp3) is 0.612. The van der Waals surface area contributed by atoms with Gasteiger partial charge in [0.15, 0.2) is 7.98 Å². The summed E-state index contributed by atoms with van der Waals surface area (Å²) in [6, 6.07) is 17.2. The standard InChI is InChI=1S/C61H92BN8.2C2H6.C2H2.Ta/c1-14-25-61(12,13)40-56-54-38-50(21-23-58(54)68(17-4)60(56)55-39-52(41-63-59(55)44(8)16-3)67-32-30-66(27-15-2)31-33-67)51-35-43(7)34-48(36-51)37-57(47(11)70-28-19-18-26-64-70)65-45(9)53(42(5)6)22-20-49-24-29-69(62)46(49)10;3*1-2;/h21,23,34-36,38-39,41-42,44,46,49,53,57,64-65H,9-11,14-20,22,24-33,37,40H2,1-8,12-13H3;2*1-2H3;1-2H;/q-1;;;;/t44?,46-,49?,53?,57?;;;;/m1..../s1. The van der Waals surface area contributed by atoms with Crippen molar-refractivity contribution in [2.24, 2.45) is 23.2 Å². The van der Waals surface area contributed by atoms with E-state index in [9.17, 15) is 0 Å². The van der Waals surface area contributed by atoms with Gasteiger partial charge in [-0.25, -0.2) is 5.43 Å². The van der Waals surface area contributed by atoms with Crippen molar-refractivity contribution < 1.29 is 22.4 Å². The molecule has 3 saturated heterocycles. The first kappa shape index (κ1) is 67.5. The molecule has 0 bridgehead atoms. The van der Waals surface area contributed by atoms with E-state index in [-0.39, 0.29) is 39.9 Å². The second kappa shape index (κ2) is 33.1. The third-order valence-electron chi connectivity index (χ3n) is 16.5. The molecule has 4 aromatic rings. The Hall–Kier alpha value is -3.74. The van der Waals surface area contributed by atoms with E-state index in [4.69, 9.17) is 26.1 Å². The van der Waals surface area contributed by atoms with Crippen LogP contribution in [0.3, 0.4) is 0 Å². The minimum atomic E-state index is -0.0130. The fourth-order valence-corrected chi connectivity index (χ4v) is 12.3. The molecule has 423 valence electrons. The van der Waals surface area contributed by atoms with Crippen molar-refractivity contribution in [3.63, 3.8) is 0 Å². The number of aryl methyl sites for hydroxylation is 2. The Balaban J connectivity index is 0.00000215. The molecular formula is C67H106BN8Ta-. The summed E-state index contributed by atoms with van der Waals surface area (Å²) in [4.78, 5) is 12.5. The van der Waals surface area contributed by atoms with Gasteiger partial charge in [-0.2, -0.15) is 0 Å². The molecule has 3 fully saturated rings. The van der Waals surface area contributed by atoms with Crippen molar-refractivity contribution in [3.8, 4) is 35.2 Å². The minimum absolute atomic E-state index is 0. The number of piperazine rings is 1. The van der Waals surface area contributed by atoms with Crippen LogP contribution in [0.4, 0.5) is 5.69 Å². The molecule has 0 amide bonds. The number of aromatic nitrogens is 2. The quantitative estimate of drug-likeness (QED) is 0.0436. The number of allylic oxidation sites excluding steroid dienone is 1. The van der Waals surface area contributed by atoms with Crippen LogP contribution in [0, 0.1) is 49.9 Å². The monoisotopic (exact) mass is 1210 g/mol. The van der Waals surface area contributed by atoms with E-state index in [0.717, 1.165) is 115 Å². The maximum atomic E-state index is 6.26. The molecule has 3 radical (unpaired) electrons. The molecule has 5 heterocycles. The van der Waals surface area contributed by atoms with E-state index in [1.165, 1.54) is 87.2 Å². The van der Waals surface area contributed by atoms with Crippen molar-refractivity contribution in [1.29, 1.82) is 0 Å². The number of pyridine rings is 1. The molecule has 77 heavy (non-hydrogen) atoms. The van der Waals surface area contributed by atoms with Gasteiger partial charge in [0.25, 0.3) is 0 Å². The molecule has 0 aliphatic carbocycles. The summed E-state index contributed by atoms with van der Waals surface area (Å²) >= 11 is 0. The van der Waals surface area contributed by atoms with Crippen LogP contribution in [-0.4, -0.2) is 96.7 Å². The number of nitrogens with one attached hydrogen (secondary N) is 2. The van der Waals surface area contributed by atoms with Gasteiger partial charge >= 0.3 is 0 Å². The van der Waals surface area contributed by atoms with E-state index in [1.807, 2.05) is 32.5 Å². The Bertz CT molecular complexity index is 2420. The molecule has 8 nitrogen and oxygen atoms in total. The predicted octanol–water partition coefficient (Wildman–Crippen LogP) is 15.2. The summed E-state index contributed by atoms with van der Waals surface area (Å²) in [5, 5.41) is 7.69. The fourth-order valence-electron chi connectivity index (χ4n) is 12.3. The Morgan fingerprint density at radius 3 is 2.19 bits per heavy atom. The normalized spacial score (nSPS) is 18.2. The van der Waals surface area contributed by atoms with Gasteiger partial charge < -0.3 is 31.5 Å². The third kappa shape index (κ3) is 17.6. The molecule has 3 aliphatic heterocycles. The molecule has 4 unspecified atom stereocenters. The Kier molecular flexibility index (Phi) is 29.0.